The molecule has 1 aromatic rings. The Morgan fingerprint density at radius 2 is 1.61 bits per heavy atom. The molecule has 9 heteroatoms. The van der Waals surface area contributed by atoms with Crippen molar-refractivity contribution in [2.75, 3.05) is 85.7 Å². The fourth-order valence-electron chi connectivity index (χ4n) is 4.00. The molecule has 3 rings (SSSR count). The Morgan fingerprint density at radius 1 is 0.968 bits per heavy atom. The average Bonchev–Trinajstić information content (AvgIpc) is 2.76. The third-order valence-corrected chi connectivity index (χ3v) is 6.07. The maximum absolute atomic E-state index is 12.7. The molecule has 2 saturated heterocycles. The fraction of sp³-hybridized carbons (Fsp3) is 0.636. The molecule has 2 fully saturated rings. The molecule has 0 radical (unpaired) electrons. The second-order valence-electron chi connectivity index (χ2n) is 8.18. The molecule has 2 amide bonds. The fourth-order valence-corrected chi connectivity index (χ4v) is 4.21. The van der Waals surface area contributed by atoms with E-state index >= 15 is 0 Å². The summed E-state index contributed by atoms with van der Waals surface area (Å²) in [5.41, 5.74) is 1.21. The van der Waals surface area contributed by atoms with Gasteiger partial charge in [-0.15, -0.1) is 0 Å². The van der Waals surface area contributed by atoms with Crippen molar-refractivity contribution in [3.05, 3.63) is 34.9 Å². The zero-order valence-electron chi connectivity index (χ0n) is 18.4. The number of amides is 2. The van der Waals surface area contributed by atoms with Crippen LogP contribution >= 0.6 is 11.6 Å². The average molecular weight is 452 g/mol. The first-order valence-electron chi connectivity index (χ1n) is 11.0. The number of rotatable bonds is 9. The molecule has 0 saturated carbocycles. The molecule has 31 heavy (non-hydrogen) atoms. The second-order valence-corrected chi connectivity index (χ2v) is 8.62. The number of carbonyl (C=O) groups is 2. The van der Waals surface area contributed by atoms with E-state index in [4.69, 9.17) is 16.3 Å². The van der Waals surface area contributed by atoms with Gasteiger partial charge in [-0.25, -0.2) is 0 Å². The number of benzene rings is 1. The van der Waals surface area contributed by atoms with Gasteiger partial charge in [-0.2, -0.15) is 0 Å². The van der Waals surface area contributed by atoms with E-state index in [1.807, 2.05) is 23.1 Å². The third kappa shape index (κ3) is 8.05. The van der Waals surface area contributed by atoms with Crippen molar-refractivity contribution in [3.63, 3.8) is 0 Å². The van der Waals surface area contributed by atoms with Crippen LogP contribution in [-0.4, -0.2) is 117 Å². The lowest BCUT2D eigenvalue weighted by Gasteiger charge is -2.38. The van der Waals surface area contributed by atoms with Gasteiger partial charge in [0.05, 0.1) is 19.7 Å². The maximum atomic E-state index is 12.7. The summed E-state index contributed by atoms with van der Waals surface area (Å²) in [5, 5.41) is 3.61. The van der Waals surface area contributed by atoms with Gasteiger partial charge in [0.2, 0.25) is 11.8 Å². The molecule has 0 atom stereocenters. The van der Waals surface area contributed by atoms with Gasteiger partial charge in [-0.05, 0) is 17.7 Å². The minimum Gasteiger partial charge on any atom is -0.383 e. The van der Waals surface area contributed by atoms with Gasteiger partial charge in [0, 0.05) is 77.6 Å². The molecule has 2 heterocycles. The van der Waals surface area contributed by atoms with Crippen molar-refractivity contribution in [1.82, 2.24) is 24.9 Å². The Hall–Kier alpha value is -1.71. The van der Waals surface area contributed by atoms with Gasteiger partial charge in [0.25, 0.3) is 0 Å². The quantitative estimate of drug-likeness (QED) is 0.547. The van der Waals surface area contributed by atoms with Gasteiger partial charge in [-0.1, -0.05) is 23.7 Å². The van der Waals surface area contributed by atoms with Crippen LogP contribution in [0.4, 0.5) is 0 Å². The van der Waals surface area contributed by atoms with Crippen molar-refractivity contribution in [1.29, 1.82) is 0 Å². The molecule has 0 unspecified atom stereocenters. The number of nitrogens with one attached hydrogen (secondary N) is 1. The van der Waals surface area contributed by atoms with E-state index in [2.05, 4.69) is 26.1 Å². The summed E-state index contributed by atoms with van der Waals surface area (Å²) in [5.74, 6) is 0.227. The first-order chi connectivity index (χ1) is 15.0. The molecule has 0 aliphatic carbocycles. The summed E-state index contributed by atoms with van der Waals surface area (Å²) in [6.07, 6.45) is 0. The van der Waals surface area contributed by atoms with Crippen molar-refractivity contribution in [2.24, 2.45) is 0 Å². The number of carbonyl (C=O) groups excluding carboxylic acids is 2. The molecule has 0 bridgehead atoms. The molecule has 172 valence electrons. The topological polar surface area (TPSA) is 68.4 Å². The Bertz CT molecular complexity index is 719. The number of piperazine rings is 2. The Kier molecular flexibility index (Phi) is 9.54. The lowest BCUT2D eigenvalue weighted by molar-refractivity contribution is -0.135. The third-order valence-electron chi connectivity index (χ3n) is 5.84. The largest absolute Gasteiger partial charge is 0.383 e. The van der Waals surface area contributed by atoms with Crippen LogP contribution < -0.4 is 5.32 Å². The first-order valence-corrected chi connectivity index (χ1v) is 11.4. The minimum absolute atomic E-state index is 0.0252. The standard InChI is InChI=1S/C22H34ClN5O3/c1-31-14-5-24-21(29)17-26-6-8-27(9-7-26)18-22(30)28-12-10-25(11-13-28)16-19-3-2-4-20(23)15-19/h2-4,15H,5-14,16-18H2,1H3,(H,24,29). The lowest BCUT2D eigenvalue weighted by Crippen LogP contribution is -2.54. The summed E-state index contributed by atoms with van der Waals surface area (Å²) in [7, 11) is 1.62. The van der Waals surface area contributed by atoms with Crippen molar-refractivity contribution in [3.8, 4) is 0 Å². The number of methoxy groups -OCH3 is 1. The summed E-state index contributed by atoms with van der Waals surface area (Å²) < 4.78 is 4.94. The minimum atomic E-state index is 0.0252. The monoisotopic (exact) mass is 451 g/mol. The highest BCUT2D eigenvalue weighted by atomic mass is 35.5. The van der Waals surface area contributed by atoms with Crippen LogP contribution in [0.15, 0.2) is 24.3 Å². The van der Waals surface area contributed by atoms with Gasteiger partial charge in [0.15, 0.2) is 0 Å². The van der Waals surface area contributed by atoms with Crippen LogP contribution in [0.3, 0.4) is 0 Å². The van der Waals surface area contributed by atoms with E-state index in [1.165, 1.54) is 5.56 Å². The Morgan fingerprint density at radius 3 is 2.26 bits per heavy atom. The molecule has 2 aliphatic heterocycles. The summed E-state index contributed by atoms with van der Waals surface area (Å²) in [4.78, 5) is 33.3. The van der Waals surface area contributed by atoms with E-state index in [1.54, 1.807) is 7.11 Å². The van der Waals surface area contributed by atoms with E-state index < -0.39 is 0 Å². The van der Waals surface area contributed by atoms with E-state index in [0.29, 0.717) is 26.2 Å². The molecule has 8 nitrogen and oxygen atoms in total. The maximum Gasteiger partial charge on any atom is 0.236 e. The van der Waals surface area contributed by atoms with Crippen LogP contribution in [0.2, 0.25) is 5.02 Å². The van der Waals surface area contributed by atoms with Gasteiger partial charge in [0.1, 0.15) is 0 Å². The number of hydrogen-bond donors (Lipinski definition) is 1. The van der Waals surface area contributed by atoms with Crippen molar-refractivity contribution >= 4 is 23.4 Å². The normalized spacial score (nSPS) is 18.8. The van der Waals surface area contributed by atoms with E-state index in [9.17, 15) is 9.59 Å². The number of ether oxygens (including phenoxy) is 1. The van der Waals surface area contributed by atoms with Crippen LogP contribution in [0.1, 0.15) is 5.56 Å². The Balaban J connectivity index is 1.32. The molecule has 0 aromatic heterocycles. The predicted octanol–water partition coefficient (Wildman–Crippen LogP) is 0.364. The van der Waals surface area contributed by atoms with Gasteiger partial charge in [-0.3, -0.25) is 24.3 Å². The molecule has 1 aromatic carbocycles. The number of halogens is 1. The van der Waals surface area contributed by atoms with Crippen LogP contribution in [0.5, 0.6) is 0 Å². The molecular formula is C22H34ClN5O3. The van der Waals surface area contributed by atoms with Crippen molar-refractivity contribution < 1.29 is 14.3 Å². The molecular weight excluding hydrogens is 418 g/mol. The number of nitrogens with zero attached hydrogens (tertiary/aromatic N) is 4. The smallest absolute Gasteiger partial charge is 0.236 e. The van der Waals surface area contributed by atoms with Gasteiger partial charge >= 0.3 is 0 Å². The van der Waals surface area contributed by atoms with Crippen molar-refractivity contribution in [2.45, 2.75) is 6.54 Å². The van der Waals surface area contributed by atoms with E-state index in [0.717, 1.165) is 63.9 Å². The molecule has 2 aliphatic rings. The zero-order chi connectivity index (χ0) is 22.1. The molecule has 0 spiro atoms. The van der Waals surface area contributed by atoms with Crippen LogP contribution in [0.25, 0.3) is 0 Å². The van der Waals surface area contributed by atoms with E-state index in [-0.39, 0.29) is 11.8 Å². The highest BCUT2D eigenvalue weighted by Gasteiger charge is 2.25. The Labute approximate surface area is 190 Å². The van der Waals surface area contributed by atoms with Crippen LogP contribution in [0, 0.1) is 0 Å². The lowest BCUT2D eigenvalue weighted by atomic mass is 10.2. The highest BCUT2D eigenvalue weighted by Crippen LogP contribution is 2.14. The predicted molar refractivity (Wildman–Crippen MR) is 121 cm³/mol. The van der Waals surface area contributed by atoms with Gasteiger partial charge < -0.3 is 15.0 Å². The summed E-state index contributed by atoms with van der Waals surface area (Å²) in [6.45, 7) is 9.31. The zero-order valence-corrected chi connectivity index (χ0v) is 19.1. The second kappa shape index (κ2) is 12.4. The summed E-state index contributed by atoms with van der Waals surface area (Å²) >= 11 is 6.08. The SMILES string of the molecule is COCCNC(=O)CN1CCN(CC(=O)N2CCN(Cc3cccc(Cl)c3)CC2)CC1. The summed E-state index contributed by atoms with van der Waals surface area (Å²) in [6, 6.07) is 7.96. The number of hydrogen-bond acceptors (Lipinski definition) is 6. The molecule has 1 N–H and O–H groups in total. The van der Waals surface area contributed by atoms with Crippen LogP contribution in [-0.2, 0) is 20.9 Å². The first kappa shape index (κ1) is 23.9. The highest BCUT2D eigenvalue weighted by molar-refractivity contribution is 6.30.